The Kier molecular flexibility index (Phi) is 4.83. The molecule has 1 saturated heterocycles. The van der Waals surface area contributed by atoms with Crippen LogP contribution in [-0.2, 0) is 14.4 Å². The first-order chi connectivity index (χ1) is 12.4. The summed E-state index contributed by atoms with van der Waals surface area (Å²) in [6.45, 7) is 0.909. The van der Waals surface area contributed by atoms with Crippen molar-refractivity contribution in [1.29, 1.82) is 0 Å². The van der Waals surface area contributed by atoms with E-state index in [0.29, 0.717) is 29.0 Å². The number of hydrogen-bond acceptors (Lipinski definition) is 5. The number of nitrogens with one attached hydrogen (secondary N) is 1. The van der Waals surface area contributed by atoms with Crippen LogP contribution in [0.3, 0.4) is 0 Å². The lowest BCUT2D eigenvalue weighted by Gasteiger charge is -2.20. The SMILES string of the molecule is CC(=O)c1ccc(NC(=O)CN2C(=O)C(=O)N(C3CCCC3)C2=O)cc1. The molecule has 136 valence electrons. The van der Waals surface area contributed by atoms with Crippen LogP contribution in [0.5, 0.6) is 0 Å². The molecule has 26 heavy (non-hydrogen) atoms. The van der Waals surface area contributed by atoms with Crippen molar-refractivity contribution in [2.24, 2.45) is 0 Å². The Morgan fingerprint density at radius 1 is 1.04 bits per heavy atom. The Morgan fingerprint density at radius 3 is 2.23 bits per heavy atom. The predicted octanol–water partition coefficient (Wildman–Crippen LogP) is 1.56. The predicted molar refractivity (Wildman–Crippen MR) is 91.3 cm³/mol. The maximum Gasteiger partial charge on any atom is 0.334 e. The molecule has 5 amide bonds. The standard InChI is InChI=1S/C18H19N3O5/c1-11(22)12-6-8-13(9-7-12)19-15(23)10-20-16(24)17(25)21(18(20)26)14-4-2-3-5-14/h6-9,14H,2-5,10H2,1H3,(H,19,23). The maximum atomic E-state index is 12.4. The Balaban J connectivity index is 1.65. The average Bonchev–Trinajstić information content (AvgIpc) is 3.19. The van der Waals surface area contributed by atoms with Gasteiger partial charge in [-0.1, -0.05) is 12.8 Å². The number of carbonyl (C=O) groups excluding carboxylic acids is 5. The molecule has 2 aliphatic rings. The van der Waals surface area contributed by atoms with Gasteiger partial charge >= 0.3 is 17.8 Å². The van der Waals surface area contributed by atoms with E-state index in [1.54, 1.807) is 24.3 Å². The van der Waals surface area contributed by atoms with Gasteiger partial charge in [-0.25, -0.2) is 9.69 Å². The lowest BCUT2D eigenvalue weighted by Crippen LogP contribution is -2.41. The van der Waals surface area contributed by atoms with E-state index in [-0.39, 0.29) is 11.8 Å². The molecule has 1 aromatic rings. The normalized spacial score (nSPS) is 18.0. The number of hydrogen-bond donors (Lipinski definition) is 1. The first-order valence-electron chi connectivity index (χ1n) is 8.48. The monoisotopic (exact) mass is 357 g/mol. The summed E-state index contributed by atoms with van der Waals surface area (Å²) >= 11 is 0. The third-order valence-electron chi connectivity index (χ3n) is 4.65. The highest BCUT2D eigenvalue weighted by molar-refractivity contribution is 6.45. The number of carbonyl (C=O) groups is 5. The van der Waals surface area contributed by atoms with E-state index in [1.807, 2.05) is 0 Å². The van der Waals surface area contributed by atoms with Crippen molar-refractivity contribution in [2.75, 3.05) is 11.9 Å². The van der Waals surface area contributed by atoms with Crippen molar-refractivity contribution in [2.45, 2.75) is 38.6 Å². The van der Waals surface area contributed by atoms with Gasteiger partial charge in [0.15, 0.2) is 5.78 Å². The van der Waals surface area contributed by atoms with E-state index in [1.165, 1.54) is 6.92 Å². The zero-order valence-electron chi connectivity index (χ0n) is 14.4. The molecular weight excluding hydrogens is 338 g/mol. The second kappa shape index (κ2) is 7.07. The molecule has 0 spiro atoms. The number of urea groups is 1. The number of amides is 5. The van der Waals surface area contributed by atoms with Crippen LogP contribution in [0.1, 0.15) is 43.0 Å². The zero-order valence-corrected chi connectivity index (χ0v) is 14.4. The first kappa shape index (κ1) is 17.8. The largest absolute Gasteiger partial charge is 0.334 e. The van der Waals surface area contributed by atoms with Gasteiger partial charge in [-0.3, -0.25) is 24.1 Å². The molecule has 0 aromatic heterocycles. The van der Waals surface area contributed by atoms with E-state index in [4.69, 9.17) is 0 Å². The fourth-order valence-electron chi connectivity index (χ4n) is 3.28. The Labute approximate surface area is 150 Å². The molecule has 1 heterocycles. The number of anilines is 1. The minimum absolute atomic E-state index is 0.0957. The Bertz CT molecular complexity index is 781. The molecule has 1 aliphatic heterocycles. The summed E-state index contributed by atoms with van der Waals surface area (Å²) in [5.74, 6) is -2.52. The van der Waals surface area contributed by atoms with Crippen LogP contribution < -0.4 is 5.32 Å². The smallest absolute Gasteiger partial charge is 0.325 e. The van der Waals surface area contributed by atoms with Crippen molar-refractivity contribution in [3.63, 3.8) is 0 Å². The number of ketones is 1. The van der Waals surface area contributed by atoms with Crippen LogP contribution >= 0.6 is 0 Å². The summed E-state index contributed by atoms with van der Waals surface area (Å²) in [5.41, 5.74) is 0.934. The Morgan fingerprint density at radius 2 is 1.65 bits per heavy atom. The van der Waals surface area contributed by atoms with Crippen LogP contribution in [0.2, 0.25) is 0 Å². The molecule has 8 heteroatoms. The number of benzene rings is 1. The molecule has 3 rings (SSSR count). The fourth-order valence-corrected chi connectivity index (χ4v) is 3.28. The van der Waals surface area contributed by atoms with E-state index in [0.717, 1.165) is 17.7 Å². The van der Waals surface area contributed by atoms with Gasteiger partial charge in [0.2, 0.25) is 5.91 Å². The van der Waals surface area contributed by atoms with Crippen molar-refractivity contribution in [1.82, 2.24) is 9.80 Å². The summed E-state index contributed by atoms with van der Waals surface area (Å²) in [7, 11) is 0. The van der Waals surface area contributed by atoms with Gasteiger partial charge in [-0.05, 0) is 44.0 Å². The molecule has 0 atom stereocenters. The highest BCUT2D eigenvalue weighted by Gasteiger charge is 2.48. The number of nitrogens with zero attached hydrogens (tertiary/aromatic N) is 2. The van der Waals surface area contributed by atoms with Gasteiger partial charge in [0, 0.05) is 17.3 Å². The number of Topliss-reactive ketones (excluding diaryl/α,β-unsaturated/α-hetero) is 1. The average molecular weight is 357 g/mol. The molecule has 2 fully saturated rings. The lowest BCUT2D eigenvalue weighted by molar-refractivity contribution is -0.144. The van der Waals surface area contributed by atoms with Gasteiger partial charge in [0.1, 0.15) is 6.54 Å². The second-order valence-corrected chi connectivity index (χ2v) is 6.47. The van der Waals surface area contributed by atoms with Gasteiger partial charge in [0.25, 0.3) is 0 Å². The van der Waals surface area contributed by atoms with Crippen molar-refractivity contribution >= 4 is 35.2 Å². The summed E-state index contributed by atoms with van der Waals surface area (Å²) in [4.78, 5) is 61.7. The Hall–Kier alpha value is -3.03. The van der Waals surface area contributed by atoms with Gasteiger partial charge in [0.05, 0.1) is 0 Å². The molecule has 1 aromatic carbocycles. The van der Waals surface area contributed by atoms with Gasteiger partial charge < -0.3 is 5.32 Å². The summed E-state index contributed by atoms with van der Waals surface area (Å²) in [6, 6.07) is 5.25. The minimum Gasteiger partial charge on any atom is -0.325 e. The van der Waals surface area contributed by atoms with E-state index >= 15 is 0 Å². The minimum atomic E-state index is -0.969. The van der Waals surface area contributed by atoms with Crippen LogP contribution in [0.15, 0.2) is 24.3 Å². The molecule has 8 nitrogen and oxygen atoms in total. The van der Waals surface area contributed by atoms with Crippen molar-refractivity contribution in [3.05, 3.63) is 29.8 Å². The lowest BCUT2D eigenvalue weighted by atomic mass is 10.1. The van der Waals surface area contributed by atoms with Crippen LogP contribution in [0.4, 0.5) is 10.5 Å². The fraction of sp³-hybridized carbons (Fsp3) is 0.389. The molecule has 0 unspecified atom stereocenters. The highest BCUT2D eigenvalue weighted by Crippen LogP contribution is 2.27. The number of imide groups is 2. The maximum absolute atomic E-state index is 12.4. The summed E-state index contributed by atoms with van der Waals surface area (Å²) in [5, 5.41) is 2.55. The third-order valence-corrected chi connectivity index (χ3v) is 4.65. The van der Waals surface area contributed by atoms with Crippen LogP contribution in [0.25, 0.3) is 0 Å². The van der Waals surface area contributed by atoms with Crippen molar-refractivity contribution < 1.29 is 24.0 Å². The molecule has 1 saturated carbocycles. The molecular formula is C18H19N3O5. The van der Waals surface area contributed by atoms with Crippen LogP contribution in [-0.4, -0.2) is 51.9 Å². The van der Waals surface area contributed by atoms with Crippen molar-refractivity contribution in [3.8, 4) is 0 Å². The molecule has 0 radical (unpaired) electrons. The molecule has 1 aliphatic carbocycles. The second-order valence-electron chi connectivity index (χ2n) is 6.47. The van der Waals surface area contributed by atoms with E-state index in [9.17, 15) is 24.0 Å². The van der Waals surface area contributed by atoms with Gasteiger partial charge in [-0.2, -0.15) is 0 Å². The molecule has 0 bridgehead atoms. The topological polar surface area (TPSA) is 104 Å². The summed E-state index contributed by atoms with van der Waals surface area (Å²) in [6.07, 6.45) is 3.19. The third kappa shape index (κ3) is 3.35. The zero-order chi connectivity index (χ0) is 18.8. The van der Waals surface area contributed by atoms with E-state index < -0.39 is 30.3 Å². The van der Waals surface area contributed by atoms with Crippen LogP contribution in [0, 0.1) is 0 Å². The van der Waals surface area contributed by atoms with Gasteiger partial charge in [-0.15, -0.1) is 0 Å². The summed E-state index contributed by atoms with van der Waals surface area (Å²) < 4.78 is 0. The highest BCUT2D eigenvalue weighted by atomic mass is 16.2. The first-order valence-corrected chi connectivity index (χ1v) is 8.48. The molecule has 1 N–H and O–H groups in total. The quantitative estimate of drug-likeness (QED) is 0.489. The van der Waals surface area contributed by atoms with E-state index in [2.05, 4.69) is 5.32 Å². The number of rotatable bonds is 5.